The Morgan fingerprint density at radius 2 is 1.61 bits per heavy atom. The van der Waals surface area contributed by atoms with E-state index in [2.05, 4.69) is 9.80 Å². The zero-order valence-corrected chi connectivity index (χ0v) is 11.7. The molecule has 0 spiro atoms. The van der Waals surface area contributed by atoms with Gasteiger partial charge < -0.3 is 5.73 Å². The summed E-state index contributed by atoms with van der Waals surface area (Å²) < 4.78 is 0. The first kappa shape index (κ1) is 12.9. The molecule has 3 unspecified atom stereocenters. The molecule has 0 aromatic heterocycles. The van der Waals surface area contributed by atoms with E-state index in [9.17, 15) is 0 Å². The summed E-state index contributed by atoms with van der Waals surface area (Å²) in [5, 5.41) is 0. The Morgan fingerprint density at radius 1 is 0.833 bits per heavy atom. The lowest BCUT2D eigenvalue weighted by Crippen LogP contribution is -2.45. The van der Waals surface area contributed by atoms with Gasteiger partial charge in [0.15, 0.2) is 0 Å². The highest BCUT2D eigenvalue weighted by Crippen LogP contribution is 2.31. The normalized spacial score (nSPS) is 39.5. The molecule has 3 heteroatoms. The fourth-order valence-electron chi connectivity index (χ4n) is 4.42. The summed E-state index contributed by atoms with van der Waals surface area (Å²) in [6.07, 6.45) is 9.83. The maximum atomic E-state index is 5.98. The van der Waals surface area contributed by atoms with Gasteiger partial charge in [-0.15, -0.1) is 0 Å². The molecule has 1 aliphatic carbocycles. The van der Waals surface area contributed by atoms with E-state index in [4.69, 9.17) is 5.73 Å². The quantitative estimate of drug-likeness (QED) is 0.828. The minimum Gasteiger partial charge on any atom is -0.330 e. The molecule has 0 aromatic rings. The second kappa shape index (κ2) is 5.89. The smallest absolute Gasteiger partial charge is 0.0235 e. The van der Waals surface area contributed by atoms with E-state index >= 15 is 0 Å². The highest BCUT2D eigenvalue weighted by Gasteiger charge is 2.36. The Kier molecular flexibility index (Phi) is 4.22. The van der Waals surface area contributed by atoms with Crippen LogP contribution in [0, 0.1) is 5.92 Å². The van der Waals surface area contributed by atoms with E-state index < -0.39 is 0 Å². The second-order valence-electron chi connectivity index (χ2n) is 6.53. The van der Waals surface area contributed by atoms with Crippen molar-refractivity contribution in [3.63, 3.8) is 0 Å². The second-order valence-corrected chi connectivity index (χ2v) is 6.53. The average molecular weight is 251 g/mol. The van der Waals surface area contributed by atoms with Crippen LogP contribution in [0.2, 0.25) is 0 Å². The SMILES string of the molecule is NCC1CCCCC1N1CCC(N2CCCC2)C1. The maximum absolute atomic E-state index is 5.98. The summed E-state index contributed by atoms with van der Waals surface area (Å²) in [6, 6.07) is 1.66. The Labute approximate surface area is 112 Å². The Morgan fingerprint density at radius 3 is 2.39 bits per heavy atom. The lowest BCUT2D eigenvalue weighted by molar-refractivity contribution is 0.121. The fraction of sp³-hybridized carbons (Fsp3) is 1.00. The van der Waals surface area contributed by atoms with Crippen LogP contribution in [0.3, 0.4) is 0 Å². The predicted octanol–water partition coefficient (Wildman–Crippen LogP) is 1.67. The third-order valence-corrected chi connectivity index (χ3v) is 5.49. The molecular weight excluding hydrogens is 222 g/mol. The van der Waals surface area contributed by atoms with Gasteiger partial charge in [0.05, 0.1) is 0 Å². The largest absolute Gasteiger partial charge is 0.330 e. The maximum Gasteiger partial charge on any atom is 0.0235 e. The van der Waals surface area contributed by atoms with Crippen LogP contribution < -0.4 is 5.73 Å². The van der Waals surface area contributed by atoms with Gasteiger partial charge >= 0.3 is 0 Å². The van der Waals surface area contributed by atoms with Crippen LogP contribution in [0.4, 0.5) is 0 Å². The number of nitrogens with zero attached hydrogens (tertiary/aromatic N) is 2. The number of likely N-dealkylation sites (tertiary alicyclic amines) is 2. The molecule has 3 atom stereocenters. The number of rotatable bonds is 3. The topological polar surface area (TPSA) is 32.5 Å². The summed E-state index contributed by atoms with van der Waals surface area (Å²) in [5.41, 5.74) is 5.98. The third-order valence-electron chi connectivity index (χ3n) is 5.49. The van der Waals surface area contributed by atoms with Gasteiger partial charge in [0, 0.05) is 25.2 Å². The molecule has 2 heterocycles. The van der Waals surface area contributed by atoms with Gasteiger partial charge in [0.1, 0.15) is 0 Å². The van der Waals surface area contributed by atoms with Crippen molar-refractivity contribution in [3.05, 3.63) is 0 Å². The van der Waals surface area contributed by atoms with Gasteiger partial charge in [-0.05, 0) is 57.7 Å². The molecule has 3 aliphatic rings. The molecule has 3 fully saturated rings. The average Bonchev–Trinajstić information content (AvgIpc) is 3.09. The molecule has 3 rings (SSSR count). The molecule has 3 nitrogen and oxygen atoms in total. The van der Waals surface area contributed by atoms with Crippen molar-refractivity contribution >= 4 is 0 Å². The zero-order valence-electron chi connectivity index (χ0n) is 11.7. The molecule has 0 amide bonds. The van der Waals surface area contributed by atoms with Gasteiger partial charge in [-0.2, -0.15) is 0 Å². The van der Waals surface area contributed by atoms with Crippen LogP contribution >= 0.6 is 0 Å². The van der Waals surface area contributed by atoms with Crippen LogP contribution in [-0.4, -0.2) is 54.6 Å². The van der Waals surface area contributed by atoms with Crippen molar-refractivity contribution in [2.45, 2.75) is 57.0 Å². The summed E-state index contributed by atoms with van der Waals surface area (Å²) in [5.74, 6) is 0.774. The molecule has 0 radical (unpaired) electrons. The van der Waals surface area contributed by atoms with E-state index in [0.717, 1.165) is 24.5 Å². The van der Waals surface area contributed by atoms with Crippen molar-refractivity contribution in [2.24, 2.45) is 11.7 Å². The minimum atomic E-state index is 0.774. The number of nitrogens with two attached hydrogens (primary N) is 1. The highest BCUT2D eigenvalue weighted by atomic mass is 15.3. The molecule has 2 N–H and O–H groups in total. The standard InChI is InChI=1S/C15H29N3/c16-11-13-5-1-2-6-15(13)18-10-7-14(12-18)17-8-3-4-9-17/h13-15H,1-12,16H2. The van der Waals surface area contributed by atoms with E-state index in [0.29, 0.717) is 0 Å². The first-order valence-corrected chi connectivity index (χ1v) is 8.06. The van der Waals surface area contributed by atoms with Crippen molar-refractivity contribution in [3.8, 4) is 0 Å². The highest BCUT2D eigenvalue weighted by molar-refractivity contribution is 4.92. The van der Waals surface area contributed by atoms with E-state index in [1.54, 1.807) is 0 Å². The first-order valence-electron chi connectivity index (χ1n) is 8.06. The van der Waals surface area contributed by atoms with Gasteiger partial charge in [-0.1, -0.05) is 12.8 Å². The Hall–Kier alpha value is -0.120. The molecular formula is C15H29N3. The third kappa shape index (κ3) is 2.59. The van der Waals surface area contributed by atoms with Crippen LogP contribution in [0.25, 0.3) is 0 Å². The number of hydrogen-bond acceptors (Lipinski definition) is 3. The summed E-state index contributed by atoms with van der Waals surface area (Å²) in [7, 11) is 0. The van der Waals surface area contributed by atoms with Gasteiger partial charge in [-0.3, -0.25) is 9.80 Å². The van der Waals surface area contributed by atoms with Crippen LogP contribution in [0.15, 0.2) is 0 Å². The van der Waals surface area contributed by atoms with E-state index in [1.807, 2.05) is 0 Å². The van der Waals surface area contributed by atoms with Gasteiger partial charge in [-0.25, -0.2) is 0 Å². The fourth-order valence-corrected chi connectivity index (χ4v) is 4.42. The Bertz CT molecular complexity index is 262. The molecule has 104 valence electrons. The first-order chi connectivity index (χ1) is 8.88. The zero-order chi connectivity index (χ0) is 12.4. The minimum absolute atomic E-state index is 0.774. The molecule has 2 saturated heterocycles. The molecule has 2 aliphatic heterocycles. The lowest BCUT2D eigenvalue weighted by atomic mass is 9.83. The van der Waals surface area contributed by atoms with E-state index in [-0.39, 0.29) is 0 Å². The molecule has 18 heavy (non-hydrogen) atoms. The summed E-state index contributed by atoms with van der Waals surface area (Å²) in [4.78, 5) is 5.51. The lowest BCUT2D eigenvalue weighted by Gasteiger charge is -2.38. The molecule has 0 aromatic carbocycles. The van der Waals surface area contributed by atoms with Crippen molar-refractivity contribution in [1.29, 1.82) is 0 Å². The summed E-state index contributed by atoms with van der Waals surface area (Å²) >= 11 is 0. The van der Waals surface area contributed by atoms with Crippen LogP contribution in [0.1, 0.15) is 44.9 Å². The van der Waals surface area contributed by atoms with Crippen molar-refractivity contribution in [2.75, 3.05) is 32.7 Å². The molecule has 1 saturated carbocycles. The van der Waals surface area contributed by atoms with Crippen LogP contribution in [-0.2, 0) is 0 Å². The number of hydrogen-bond donors (Lipinski definition) is 1. The molecule has 0 bridgehead atoms. The summed E-state index contributed by atoms with van der Waals surface area (Å²) in [6.45, 7) is 6.24. The monoisotopic (exact) mass is 251 g/mol. The van der Waals surface area contributed by atoms with Crippen LogP contribution in [0.5, 0.6) is 0 Å². The van der Waals surface area contributed by atoms with Crippen molar-refractivity contribution < 1.29 is 0 Å². The Balaban J connectivity index is 1.56. The predicted molar refractivity (Wildman–Crippen MR) is 75.6 cm³/mol. The van der Waals surface area contributed by atoms with Crippen molar-refractivity contribution in [1.82, 2.24) is 9.80 Å². The van der Waals surface area contributed by atoms with Gasteiger partial charge in [0.2, 0.25) is 0 Å². The van der Waals surface area contributed by atoms with Gasteiger partial charge in [0.25, 0.3) is 0 Å². The van der Waals surface area contributed by atoms with E-state index in [1.165, 1.54) is 71.1 Å².